The van der Waals surface area contributed by atoms with Crippen LogP contribution in [0.4, 0.5) is 18.9 Å². The normalized spacial score (nSPS) is 25.5. The fraction of sp³-hybridized carbons (Fsp3) is 0.538. The minimum absolute atomic E-state index is 0.135. The van der Waals surface area contributed by atoms with Crippen LogP contribution in [0.3, 0.4) is 0 Å². The van der Waals surface area contributed by atoms with Gasteiger partial charge in [-0.05, 0) is 44.7 Å². The van der Waals surface area contributed by atoms with E-state index in [9.17, 15) is 18.0 Å². The first-order valence-corrected chi connectivity index (χ1v) is 12.4. The lowest BCUT2D eigenvalue weighted by Gasteiger charge is -2.38. The van der Waals surface area contributed by atoms with Crippen molar-refractivity contribution >= 4 is 17.4 Å². The maximum Gasteiger partial charge on any atom is 0.429 e. The molecule has 1 aromatic rings. The minimum atomic E-state index is -4.46. The van der Waals surface area contributed by atoms with E-state index in [0.29, 0.717) is 37.7 Å². The second-order valence-electron chi connectivity index (χ2n) is 9.96. The van der Waals surface area contributed by atoms with Crippen molar-refractivity contribution in [3.8, 4) is 0 Å². The summed E-state index contributed by atoms with van der Waals surface area (Å²) in [7, 11) is 0. The van der Waals surface area contributed by atoms with Crippen LogP contribution in [0.1, 0.15) is 37.3 Å². The van der Waals surface area contributed by atoms with Gasteiger partial charge in [0.2, 0.25) is 12.1 Å². The van der Waals surface area contributed by atoms with E-state index in [4.69, 9.17) is 0 Å². The Morgan fingerprint density at radius 3 is 2.51 bits per heavy atom. The molecule has 1 N–H and O–H groups in total. The van der Waals surface area contributed by atoms with E-state index >= 15 is 0 Å². The summed E-state index contributed by atoms with van der Waals surface area (Å²) in [6, 6.07) is 5.61. The molecule has 3 aliphatic heterocycles. The molecule has 1 unspecified atom stereocenters. The Morgan fingerprint density at radius 1 is 1.06 bits per heavy atom. The Balaban J connectivity index is 1.25. The number of hydrogen-bond donors (Lipinski definition) is 1. The number of aryl methyl sites for hydroxylation is 1. The average molecular weight is 488 g/mol. The maximum atomic E-state index is 13.6. The zero-order valence-electron chi connectivity index (χ0n) is 20.2. The Hall–Kier alpha value is -2.81. The largest absolute Gasteiger partial charge is 0.429 e. The number of likely N-dealkylation sites (tertiary alicyclic amines) is 1. The standard InChI is InChI=1S/C26H32F3N5O/c1-17-6-8-19(9-7-17)24(35)33-14-12-32(13-15-33)20-10-11-34(16-20)23-22-18(2)4-3-5-21(22)30-25(31-23)26(27,28)29/h3-6,8,20,25,30H,7,9-16H2,1-2H3/t20-,25?/m1/s1. The summed E-state index contributed by atoms with van der Waals surface area (Å²) >= 11 is 0. The topological polar surface area (TPSA) is 51.2 Å². The van der Waals surface area contributed by atoms with Gasteiger partial charge in [0.05, 0.1) is 0 Å². The van der Waals surface area contributed by atoms with Crippen molar-refractivity contribution < 1.29 is 18.0 Å². The number of aliphatic imine (C=N–C) groups is 1. The molecule has 0 radical (unpaired) electrons. The first kappa shape index (κ1) is 23.9. The third kappa shape index (κ3) is 4.83. The van der Waals surface area contributed by atoms with E-state index in [-0.39, 0.29) is 11.9 Å². The maximum absolute atomic E-state index is 13.6. The monoisotopic (exact) mass is 487 g/mol. The Morgan fingerprint density at radius 2 is 1.83 bits per heavy atom. The molecular weight excluding hydrogens is 455 g/mol. The number of benzene rings is 1. The van der Waals surface area contributed by atoms with Crippen LogP contribution in [-0.2, 0) is 4.79 Å². The molecule has 4 aliphatic rings. The third-order valence-corrected chi connectivity index (χ3v) is 7.56. The lowest BCUT2D eigenvalue weighted by Crippen LogP contribution is -2.53. The van der Waals surface area contributed by atoms with Gasteiger partial charge in [0.1, 0.15) is 5.84 Å². The lowest BCUT2D eigenvalue weighted by molar-refractivity contribution is -0.140. The van der Waals surface area contributed by atoms with E-state index in [2.05, 4.69) is 22.1 Å². The number of halogens is 3. The van der Waals surface area contributed by atoms with Crippen LogP contribution in [0.25, 0.3) is 0 Å². The fourth-order valence-corrected chi connectivity index (χ4v) is 5.49. The smallest absolute Gasteiger partial charge is 0.356 e. The third-order valence-electron chi connectivity index (χ3n) is 7.56. The highest BCUT2D eigenvalue weighted by Crippen LogP contribution is 2.34. The van der Waals surface area contributed by atoms with Gasteiger partial charge in [0, 0.05) is 62.1 Å². The minimum Gasteiger partial charge on any atom is -0.356 e. The summed E-state index contributed by atoms with van der Waals surface area (Å²) in [5, 5.41) is 2.56. The molecule has 188 valence electrons. The number of fused-ring (bicyclic) bond motifs is 1. The molecule has 0 bridgehead atoms. The van der Waals surface area contributed by atoms with Gasteiger partial charge in [-0.3, -0.25) is 9.69 Å². The quantitative estimate of drug-likeness (QED) is 0.687. The summed E-state index contributed by atoms with van der Waals surface area (Å²) in [4.78, 5) is 23.4. The van der Waals surface area contributed by atoms with Crippen molar-refractivity contribution in [2.24, 2.45) is 4.99 Å². The Labute approximate surface area is 204 Å². The van der Waals surface area contributed by atoms with Crippen LogP contribution < -0.4 is 5.32 Å². The van der Waals surface area contributed by atoms with Gasteiger partial charge in [0.15, 0.2) is 0 Å². The van der Waals surface area contributed by atoms with Gasteiger partial charge in [-0.1, -0.05) is 29.9 Å². The highest BCUT2D eigenvalue weighted by Gasteiger charge is 2.44. The van der Waals surface area contributed by atoms with E-state index in [1.165, 1.54) is 5.57 Å². The molecule has 0 saturated carbocycles. The van der Waals surface area contributed by atoms with Crippen molar-refractivity contribution in [3.63, 3.8) is 0 Å². The van der Waals surface area contributed by atoms with Gasteiger partial charge in [-0.2, -0.15) is 13.2 Å². The molecule has 1 aromatic carbocycles. The number of alkyl halides is 3. The zero-order valence-corrected chi connectivity index (χ0v) is 20.2. The van der Waals surface area contributed by atoms with Gasteiger partial charge in [-0.15, -0.1) is 0 Å². The van der Waals surface area contributed by atoms with Crippen LogP contribution >= 0.6 is 0 Å². The van der Waals surface area contributed by atoms with Gasteiger partial charge in [-0.25, -0.2) is 4.99 Å². The summed E-state index contributed by atoms with van der Waals surface area (Å²) in [6.45, 7) is 8.21. The van der Waals surface area contributed by atoms with E-state index < -0.39 is 12.3 Å². The number of nitrogens with one attached hydrogen (secondary N) is 1. The van der Waals surface area contributed by atoms with Crippen molar-refractivity contribution in [1.29, 1.82) is 0 Å². The molecule has 5 rings (SSSR count). The highest BCUT2D eigenvalue weighted by molar-refractivity contribution is 6.06. The molecular formula is C26H32F3N5O. The molecule has 6 nitrogen and oxygen atoms in total. The Bertz CT molecular complexity index is 1080. The fourth-order valence-electron chi connectivity index (χ4n) is 5.49. The van der Waals surface area contributed by atoms with Crippen LogP contribution in [0.5, 0.6) is 0 Å². The molecule has 1 aliphatic carbocycles. The van der Waals surface area contributed by atoms with E-state index in [1.54, 1.807) is 12.1 Å². The molecule has 0 aromatic heterocycles. The number of rotatable bonds is 2. The molecule has 35 heavy (non-hydrogen) atoms. The molecule has 2 fully saturated rings. The SMILES string of the molecule is CC1=CC=C(C(=O)N2CCN([C@@H]3CCN(C4=NC(C(F)(F)F)Nc5cccc(C)c54)C3)CC2)CC1. The summed E-state index contributed by atoms with van der Waals surface area (Å²) in [5.41, 5.74) is 4.33. The predicted molar refractivity (Wildman–Crippen MR) is 130 cm³/mol. The molecule has 2 atom stereocenters. The number of nitrogens with zero attached hydrogens (tertiary/aromatic N) is 4. The number of hydrogen-bond acceptors (Lipinski definition) is 5. The van der Waals surface area contributed by atoms with Crippen LogP contribution in [0.15, 0.2) is 46.5 Å². The summed E-state index contributed by atoms with van der Waals surface area (Å²) < 4.78 is 40.8. The number of piperazine rings is 1. The van der Waals surface area contributed by atoms with E-state index in [1.807, 2.05) is 34.9 Å². The number of anilines is 1. The number of carbonyl (C=O) groups is 1. The number of carbonyl (C=O) groups excluding carboxylic acids is 1. The second-order valence-corrected chi connectivity index (χ2v) is 9.96. The van der Waals surface area contributed by atoms with Crippen LogP contribution in [0.2, 0.25) is 0 Å². The van der Waals surface area contributed by atoms with Crippen molar-refractivity contribution in [1.82, 2.24) is 14.7 Å². The molecule has 9 heteroatoms. The molecule has 3 heterocycles. The lowest BCUT2D eigenvalue weighted by atomic mass is 9.98. The van der Waals surface area contributed by atoms with Gasteiger partial charge in [0.25, 0.3) is 0 Å². The van der Waals surface area contributed by atoms with Crippen molar-refractivity contribution in [3.05, 3.63) is 52.6 Å². The van der Waals surface area contributed by atoms with Crippen molar-refractivity contribution in [2.45, 2.75) is 51.5 Å². The number of amides is 1. The van der Waals surface area contributed by atoms with Crippen LogP contribution in [0, 0.1) is 6.92 Å². The van der Waals surface area contributed by atoms with Crippen LogP contribution in [-0.4, -0.2) is 84.1 Å². The summed E-state index contributed by atoms with van der Waals surface area (Å²) in [5.74, 6) is 0.568. The first-order chi connectivity index (χ1) is 16.7. The predicted octanol–water partition coefficient (Wildman–Crippen LogP) is 3.94. The van der Waals surface area contributed by atoms with E-state index in [0.717, 1.165) is 49.1 Å². The first-order valence-electron chi connectivity index (χ1n) is 12.4. The average Bonchev–Trinajstić information content (AvgIpc) is 3.33. The summed E-state index contributed by atoms with van der Waals surface area (Å²) in [6.07, 6.45) is 0.198. The molecule has 2 saturated heterocycles. The van der Waals surface area contributed by atoms with Crippen molar-refractivity contribution in [2.75, 3.05) is 44.6 Å². The van der Waals surface area contributed by atoms with Gasteiger partial charge >= 0.3 is 6.18 Å². The highest BCUT2D eigenvalue weighted by atomic mass is 19.4. The van der Waals surface area contributed by atoms with Gasteiger partial charge < -0.3 is 15.1 Å². The second kappa shape index (κ2) is 9.33. The molecule has 1 amide bonds. The molecule has 0 spiro atoms. The zero-order chi connectivity index (χ0) is 24.7. The Kier molecular flexibility index (Phi) is 6.38. The number of allylic oxidation sites excluding steroid dienone is 3. The number of amidine groups is 1.